The number of carbonyl (C=O) groups excluding carboxylic acids is 2. The number of hydrogen-bond acceptors (Lipinski definition) is 14. The molecule has 0 saturated carbocycles. The van der Waals surface area contributed by atoms with E-state index < -0.39 is 65.6 Å². The van der Waals surface area contributed by atoms with Gasteiger partial charge < -0.3 is 58.0 Å². The Hall–Kier alpha value is -2.66. The molecule has 50 heavy (non-hydrogen) atoms. The molecule has 8 aliphatic rings. The molecular formula is C36H44O14. The number of hydrogen-bond donors (Lipinski definition) is 3. The first-order valence-electron chi connectivity index (χ1n) is 17.5. The summed E-state index contributed by atoms with van der Waals surface area (Å²) in [4.78, 5) is 25.8. The van der Waals surface area contributed by atoms with E-state index in [1.807, 2.05) is 20.8 Å². The van der Waals surface area contributed by atoms with Gasteiger partial charge in [0.25, 0.3) is 11.6 Å². The number of ether oxygens (including phenoxy) is 9. The molecular weight excluding hydrogens is 656 g/mol. The zero-order valence-corrected chi connectivity index (χ0v) is 29.0. The van der Waals surface area contributed by atoms with Crippen molar-refractivity contribution in [1.82, 2.24) is 0 Å². The summed E-state index contributed by atoms with van der Waals surface area (Å²) in [6.07, 6.45) is -4.92. The molecule has 2 aliphatic carbocycles. The fraction of sp³-hybridized carbons (Fsp3) is 0.722. The van der Waals surface area contributed by atoms with Crippen molar-refractivity contribution in [2.45, 2.75) is 126 Å². The highest BCUT2D eigenvalue weighted by molar-refractivity contribution is 6.04. The van der Waals surface area contributed by atoms with Crippen molar-refractivity contribution in [3.63, 3.8) is 0 Å². The van der Waals surface area contributed by atoms with Crippen LogP contribution in [0.1, 0.15) is 80.9 Å². The molecule has 3 N–H and O–H groups in total. The fourth-order valence-electron chi connectivity index (χ4n) is 9.57. The average Bonchev–Trinajstić information content (AvgIpc) is 3.72. The summed E-state index contributed by atoms with van der Waals surface area (Å²) in [5.74, 6) is -3.84. The van der Waals surface area contributed by atoms with Gasteiger partial charge in [0.15, 0.2) is 29.6 Å². The van der Waals surface area contributed by atoms with Gasteiger partial charge in [0.1, 0.15) is 23.4 Å². The van der Waals surface area contributed by atoms with Crippen LogP contribution < -0.4 is 4.74 Å². The van der Waals surface area contributed by atoms with Crippen LogP contribution in [0.5, 0.6) is 11.5 Å². The van der Waals surface area contributed by atoms with E-state index in [4.69, 9.17) is 42.6 Å². The van der Waals surface area contributed by atoms with Crippen molar-refractivity contribution in [3.8, 4) is 11.5 Å². The number of fused-ring (bicyclic) bond motifs is 7. The number of rotatable bonds is 5. The number of methoxy groups -OCH3 is 1. The Morgan fingerprint density at radius 2 is 1.74 bits per heavy atom. The van der Waals surface area contributed by atoms with E-state index in [-0.39, 0.29) is 47.2 Å². The Labute approximate surface area is 288 Å². The SMILES string of the molecule is COc1c2c(c(O)c3c1CC(C)C1=C3O[C@]3(OC4CC(O)C(O)(C(C)=O)C(C)O4)[C@H]4O[C@](C5OCC(C)(C)CO5)(O[C@@H]14)[C@]31CO1)C(=O)CCC2. The number of phenolic OH excluding ortho intramolecular Hbond substituents is 1. The van der Waals surface area contributed by atoms with Gasteiger partial charge >= 0.3 is 0 Å². The van der Waals surface area contributed by atoms with Crippen LogP contribution >= 0.6 is 0 Å². The first-order valence-corrected chi connectivity index (χ1v) is 17.5. The number of aromatic hydroxyl groups is 1. The number of Topliss-reactive ketones (excluding diaryl/α,β-unsaturated/α-hetero) is 2. The smallest absolute Gasteiger partial charge is 0.279 e. The number of benzene rings is 1. The van der Waals surface area contributed by atoms with E-state index >= 15 is 0 Å². The minimum atomic E-state index is -2.14. The molecule has 14 heteroatoms. The van der Waals surface area contributed by atoms with Crippen LogP contribution in [-0.2, 0) is 55.5 Å². The maximum Gasteiger partial charge on any atom is 0.279 e. The summed E-state index contributed by atoms with van der Waals surface area (Å²) in [6, 6.07) is 0. The quantitative estimate of drug-likeness (QED) is 0.380. The minimum Gasteiger partial charge on any atom is -0.506 e. The normalized spacial score (nSPS) is 44.0. The van der Waals surface area contributed by atoms with Gasteiger partial charge in [-0.1, -0.05) is 20.8 Å². The summed E-state index contributed by atoms with van der Waals surface area (Å²) < 4.78 is 58.6. The monoisotopic (exact) mass is 700 g/mol. The fourth-order valence-corrected chi connectivity index (χ4v) is 9.57. The summed E-state index contributed by atoms with van der Waals surface area (Å²) in [7, 11) is 1.56. The lowest BCUT2D eigenvalue weighted by atomic mass is 9.71. The van der Waals surface area contributed by atoms with Gasteiger partial charge in [-0.15, -0.1) is 0 Å². The Morgan fingerprint density at radius 3 is 2.38 bits per heavy atom. The summed E-state index contributed by atoms with van der Waals surface area (Å²) in [5, 5.41) is 34.2. The Kier molecular flexibility index (Phi) is 6.96. The molecule has 0 amide bonds. The molecule has 10 atom stereocenters. The molecule has 2 bridgehead atoms. The lowest BCUT2D eigenvalue weighted by Gasteiger charge is -2.54. The zero-order valence-electron chi connectivity index (χ0n) is 29.0. The predicted octanol–water partition coefficient (Wildman–Crippen LogP) is 2.04. The van der Waals surface area contributed by atoms with Crippen LogP contribution in [0.2, 0.25) is 0 Å². The van der Waals surface area contributed by atoms with E-state index in [9.17, 15) is 24.9 Å². The lowest BCUT2D eigenvalue weighted by Crippen LogP contribution is -2.73. The molecule has 5 fully saturated rings. The van der Waals surface area contributed by atoms with Crippen molar-refractivity contribution < 1.29 is 67.5 Å². The molecule has 9 rings (SSSR count). The van der Waals surface area contributed by atoms with Crippen molar-refractivity contribution in [2.75, 3.05) is 26.9 Å². The summed E-state index contributed by atoms with van der Waals surface area (Å²) in [6.45, 7) is 9.53. The van der Waals surface area contributed by atoms with Gasteiger partial charge in [-0.3, -0.25) is 9.59 Å². The molecule has 1 aromatic rings. The number of phenols is 1. The molecule has 0 radical (unpaired) electrons. The van der Waals surface area contributed by atoms with E-state index in [2.05, 4.69) is 0 Å². The Bertz CT molecular complexity index is 1710. The summed E-state index contributed by atoms with van der Waals surface area (Å²) in [5.41, 5.74) is -1.23. The van der Waals surface area contributed by atoms with Crippen LogP contribution in [0.15, 0.2) is 5.57 Å². The Balaban J connectivity index is 1.21. The first kappa shape index (κ1) is 33.2. The zero-order chi connectivity index (χ0) is 35.3. The maximum absolute atomic E-state index is 13.3. The van der Waals surface area contributed by atoms with Crippen molar-refractivity contribution in [2.24, 2.45) is 11.3 Å². The second-order valence-corrected chi connectivity index (χ2v) is 16.0. The van der Waals surface area contributed by atoms with Crippen molar-refractivity contribution in [1.29, 1.82) is 0 Å². The highest BCUT2D eigenvalue weighted by Gasteiger charge is 2.94. The molecule has 0 aromatic heterocycles. The number of ketones is 2. The number of carbonyl (C=O) groups is 2. The van der Waals surface area contributed by atoms with Gasteiger partial charge in [-0.2, -0.15) is 0 Å². The largest absolute Gasteiger partial charge is 0.506 e. The van der Waals surface area contributed by atoms with Gasteiger partial charge in [0, 0.05) is 35.0 Å². The molecule has 14 nitrogen and oxygen atoms in total. The van der Waals surface area contributed by atoms with Crippen LogP contribution in [0.3, 0.4) is 0 Å². The van der Waals surface area contributed by atoms with E-state index in [1.54, 1.807) is 7.11 Å². The standard InChI is InChI=1S/C36H44O14/c1-15-10-19-25(26(40)24-18(27(19)42-6)8-7-9-20(24)38)28-23(15)29-30-35(48-28,47-22-11-21(39)34(41,16(2)37)17(3)46-22)33(14-45-33)36(49-29,50-30)31-43-12-32(4,5)13-44-31/h15,17,21-22,29-31,39-41H,7-14H2,1-6H3/t15?,17?,21?,22?,29-,30-,33-,34?,35+,36-/m0/s1. The third-order valence-corrected chi connectivity index (χ3v) is 12.2. The predicted molar refractivity (Wildman–Crippen MR) is 168 cm³/mol. The minimum absolute atomic E-state index is 0.0496. The van der Waals surface area contributed by atoms with Crippen molar-refractivity contribution >= 4 is 17.3 Å². The van der Waals surface area contributed by atoms with Gasteiger partial charge in [0.05, 0.1) is 50.3 Å². The molecule has 6 heterocycles. The highest BCUT2D eigenvalue weighted by Crippen LogP contribution is 2.71. The third-order valence-electron chi connectivity index (χ3n) is 12.2. The molecule has 1 aromatic carbocycles. The summed E-state index contributed by atoms with van der Waals surface area (Å²) >= 11 is 0. The van der Waals surface area contributed by atoms with Crippen LogP contribution in [0.4, 0.5) is 0 Å². The average molecular weight is 701 g/mol. The van der Waals surface area contributed by atoms with Crippen LogP contribution in [0, 0.1) is 11.3 Å². The van der Waals surface area contributed by atoms with Gasteiger partial charge in [-0.05, 0) is 39.0 Å². The van der Waals surface area contributed by atoms with E-state index in [1.165, 1.54) is 13.8 Å². The topological polar surface area (TPSA) is 181 Å². The van der Waals surface area contributed by atoms with Gasteiger partial charge in [0.2, 0.25) is 11.9 Å². The maximum atomic E-state index is 13.3. The molecule has 1 spiro atoms. The highest BCUT2D eigenvalue weighted by atomic mass is 16.9. The van der Waals surface area contributed by atoms with Crippen LogP contribution in [0.25, 0.3) is 5.76 Å². The van der Waals surface area contributed by atoms with E-state index in [0.717, 1.165) is 0 Å². The lowest BCUT2D eigenvalue weighted by molar-refractivity contribution is -0.397. The second kappa shape index (κ2) is 10.5. The molecule has 5 unspecified atom stereocenters. The first-order chi connectivity index (χ1) is 23.6. The molecule has 6 aliphatic heterocycles. The molecule has 272 valence electrons. The number of aliphatic hydroxyl groups is 2. The van der Waals surface area contributed by atoms with E-state index in [0.29, 0.717) is 66.9 Å². The second-order valence-electron chi connectivity index (χ2n) is 16.0. The van der Waals surface area contributed by atoms with Crippen LogP contribution in [-0.4, -0.2) is 114 Å². The van der Waals surface area contributed by atoms with Crippen molar-refractivity contribution in [3.05, 3.63) is 27.8 Å². The molecule has 5 saturated heterocycles. The third kappa shape index (κ3) is 3.94. The Morgan fingerprint density at radius 1 is 1.02 bits per heavy atom. The number of aliphatic hydroxyl groups excluding tert-OH is 1. The van der Waals surface area contributed by atoms with Gasteiger partial charge in [-0.25, -0.2) is 0 Å². The number of epoxide rings is 1.